The lowest BCUT2D eigenvalue weighted by molar-refractivity contribution is -0.152. The van der Waals surface area contributed by atoms with E-state index in [0.29, 0.717) is 42.4 Å². The molecule has 1 aliphatic rings. The van der Waals surface area contributed by atoms with Gasteiger partial charge in [-0.05, 0) is 99.7 Å². The summed E-state index contributed by atoms with van der Waals surface area (Å²) in [7, 11) is 0. The summed E-state index contributed by atoms with van der Waals surface area (Å²) in [6, 6.07) is 0. The fourth-order valence-corrected chi connectivity index (χ4v) is 10.1. The normalized spacial score (nSPS) is 23.1. The summed E-state index contributed by atoms with van der Waals surface area (Å²) in [5.41, 5.74) is 0. The Balaban J connectivity index is 2.95. The molecule has 4 heteroatoms. The van der Waals surface area contributed by atoms with Gasteiger partial charge in [0.15, 0.2) is 0 Å². The van der Waals surface area contributed by atoms with Crippen molar-refractivity contribution in [1.82, 2.24) is 0 Å². The molecule has 294 valence electrons. The zero-order valence-electron chi connectivity index (χ0n) is 35.3. The predicted octanol–water partition coefficient (Wildman–Crippen LogP) is 13.9. The summed E-state index contributed by atoms with van der Waals surface area (Å²) in [5, 5.41) is 0. The van der Waals surface area contributed by atoms with Gasteiger partial charge in [-0.2, -0.15) is 0 Å². The second-order valence-electron chi connectivity index (χ2n) is 16.6. The van der Waals surface area contributed by atoms with Crippen molar-refractivity contribution in [3.05, 3.63) is 12.2 Å². The minimum absolute atomic E-state index is 0.0176. The Kier molecular flexibility index (Phi) is 25.5. The van der Waals surface area contributed by atoms with E-state index in [0.717, 1.165) is 62.2 Å². The minimum Gasteiger partial charge on any atom is -0.463 e. The van der Waals surface area contributed by atoms with Gasteiger partial charge < -0.3 is 9.47 Å². The number of esters is 2. The molecule has 10 atom stereocenters. The van der Waals surface area contributed by atoms with Gasteiger partial charge in [0.2, 0.25) is 0 Å². The van der Waals surface area contributed by atoms with E-state index in [1.54, 1.807) is 0 Å². The van der Waals surface area contributed by atoms with Crippen LogP contribution >= 0.6 is 0 Å². The van der Waals surface area contributed by atoms with E-state index >= 15 is 0 Å². The van der Waals surface area contributed by atoms with Crippen LogP contribution in [0.3, 0.4) is 0 Å². The average molecular weight is 703 g/mol. The van der Waals surface area contributed by atoms with Crippen LogP contribution in [-0.4, -0.2) is 24.1 Å². The maximum Gasteiger partial charge on any atom is 0.306 e. The molecular formula is C46H86O4. The van der Waals surface area contributed by atoms with Gasteiger partial charge in [-0.3, -0.25) is 9.59 Å². The van der Waals surface area contributed by atoms with Crippen LogP contribution in [0.4, 0.5) is 0 Å². The largest absolute Gasteiger partial charge is 0.463 e. The first-order valence-electron chi connectivity index (χ1n) is 22.1. The average Bonchev–Trinajstić information content (AvgIpc) is 3.38. The Morgan fingerprint density at radius 3 is 1.86 bits per heavy atom. The van der Waals surface area contributed by atoms with Crippen LogP contribution in [-0.2, 0) is 19.1 Å². The van der Waals surface area contributed by atoms with Crippen LogP contribution in [0.25, 0.3) is 0 Å². The highest BCUT2D eigenvalue weighted by atomic mass is 16.5. The lowest BCUT2D eigenvalue weighted by Crippen LogP contribution is -2.35. The second kappa shape index (κ2) is 27.3. The Bertz CT molecular complexity index is 895. The van der Waals surface area contributed by atoms with Gasteiger partial charge in [0.25, 0.3) is 0 Å². The fourth-order valence-electron chi connectivity index (χ4n) is 10.1. The number of carbonyl (C=O) groups is 2. The Labute approximate surface area is 312 Å². The number of hydrogen-bond donors (Lipinski definition) is 0. The van der Waals surface area contributed by atoms with Crippen LogP contribution in [0.1, 0.15) is 205 Å². The maximum atomic E-state index is 13.6. The summed E-state index contributed by atoms with van der Waals surface area (Å²) in [5.74, 6) is 5.76. The van der Waals surface area contributed by atoms with Gasteiger partial charge in [0, 0.05) is 18.8 Å². The molecule has 0 radical (unpaired) electrons. The molecule has 4 nitrogen and oxygen atoms in total. The van der Waals surface area contributed by atoms with Crippen molar-refractivity contribution in [2.24, 2.45) is 53.3 Å². The third-order valence-electron chi connectivity index (χ3n) is 13.0. The molecule has 0 spiro atoms. The third-order valence-corrected chi connectivity index (χ3v) is 13.0. The minimum atomic E-state index is -0.105. The fraction of sp³-hybridized carbons (Fsp3) is 0.913. The van der Waals surface area contributed by atoms with Crippen LogP contribution in [0.5, 0.6) is 0 Å². The molecule has 0 aromatic carbocycles. The Morgan fingerprint density at radius 1 is 0.660 bits per heavy atom. The zero-order chi connectivity index (χ0) is 37.5. The molecule has 0 saturated heterocycles. The molecule has 0 heterocycles. The number of rotatable bonds is 29. The predicted molar refractivity (Wildman–Crippen MR) is 215 cm³/mol. The number of unbranched alkanes of at least 4 members (excludes halogenated alkanes) is 6. The van der Waals surface area contributed by atoms with Gasteiger partial charge in [0.1, 0.15) is 6.10 Å². The SMILES string of the molecule is CCCCCCCC[C@@H]1[C@@H](C/C=C\CCCC(=O)OC(C)C)[C@@H](OC(=O)CCC(CC)C(CC)C(CC)C(CC)C(CC)C(C)CC)C[C@H]1C. The molecule has 1 aliphatic carbocycles. The van der Waals surface area contributed by atoms with Crippen LogP contribution < -0.4 is 0 Å². The van der Waals surface area contributed by atoms with Gasteiger partial charge in [-0.25, -0.2) is 0 Å². The Morgan fingerprint density at radius 2 is 1.28 bits per heavy atom. The lowest BCUT2D eigenvalue weighted by atomic mass is 9.63. The summed E-state index contributed by atoms with van der Waals surface area (Å²) in [4.78, 5) is 25.6. The molecule has 0 amide bonds. The van der Waals surface area contributed by atoms with Crippen LogP contribution in [0.15, 0.2) is 12.2 Å². The van der Waals surface area contributed by atoms with Gasteiger partial charge in [-0.1, -0.05) is 152 Å². The van der Waals surface area contributed by atoms with Crippen molar-refractivity contribution >= 4 is 11.9 Å². The van der Waals surface area contributed by atoms with E-state index in [1.165, 1.54) is 77.0 Å². The van der Waals surface area contributed by atoms with Crippen LogP contribution in [0, 0.1) is 53.3 Å². The van der Waals surface area contributed by atoms with Crippen molar-refractivity contribution in [1.29, 1.82) is 0 Å². The molecule has 0 aromatic rings. The standard InChI is InChI=1S/C46H86O4/c1-12-19-20-21-22-25-28-42-36(11)33-44(43(42)29-26-23-24-27-30-45(47)49-34(8)9)50-46(48)32-31-37(14-3)39(16-5)41(18-7)40(17-6)38(15-4)35(10)13-2/h23,26,34-44H,12-22,24-25,27-33H2,1-11H3/b26-23-/t35?,36-,37?,38?,39?,40?,41?,42+,43-,44+/m1/s1. The highest BCUT2D eigenvalue weighted by Gasteiger charge is 2.42. The van der Waals surface area contributed by atoms with E-state index in [9.17, 15) is 9.59 Å². The molecule has 0 bridgehead atoms. The first kappa shape index (κ1) is 46.7. The van der Waals surface area contributed by atoms with E-state index in [-0.39, 0.29) is 24.1 Å². The number of allylic oxidation sites excluding steroid dienone is 2. The molecular weight excluding hydrogens is 617 g/mol. The monoisotopic (exact) mass is 703 g/mol. The molecule has 1 fully saturated rings. The van der Waals surface area contributed by atoms with Crippen molar-refractivity contribution in [3.8, 4) is 0 Å². The lowest BCUT2D eigenvalue weighted by Gasteiger charge is -2.42. The quantitative estimate of drug-likeness (QED) is 0.0442. The van der Waals surface area contributed by atoms with Gasteiger partial charge >= 0.3 is 11.9 Å². The smallest absolute Gasteiger partial charge is 0.306 e. The molecule has 6 unspecified atom stereocenters. The first-order chi connectivity index (χ1) is 24.0. The molecule has 50 heavy (non-hydrogen) atoms. The topological polar surface area (TPSA) is 52.6 Å². The van der Waals surface area contributed by atoms with Crippen molar-refractivity contribution in [2.75, 3.05) is 0 Å². The molecule has 0 N–H and O–H groups in total. The Hall–Kier alpha value is -1.32. The number of hydrogen-bond acceptors (Lipinski definition) is 4. The molecule has 1 saturated carbocycles. The summed E-state index contributed by atoms with van der Waals surface area (Å²) in [6.45, 7) is 25.3. The van der Waals surface area contributed by atoms with E-state index < -0.39 is 0 Å². The van der Waals surface area contributed by atoms with E-state index in [2.05, 4.69) is 74.5 Å². The van der Waals surface area contributed by atoms with Gasteiger partial charge in [-0.15, -0.1) is 0 Å². The molecule has 0 aliphatic heterocycles. The van der Waals surface area contributed by atoms with E-state index in [1.807, 2.05) is 13.8 Å². The first-order valence-corrected chi connectivity index (χ1v) is 22.1. The summed E-state index contributed by atoms with van der Waals surface area (Å²) < 4.78 is 11.8. The second-order valence-corrected chi connectivity index (χ2v) is 16.6. The van der Waals surface area contributed by atoms with Crippen molar-refractivity contribution in [3.63, 3.8) is 0 Å². The third kappa shape index (κ3) is 16.6. The number of ether oxygens (including phenoxy) is 2. The molecule has 0 aromatic heterocycles. The highest BCUT2D eigenvalue weighted by molar-refractivity contribution is 5.69. The van der Waals surface area contributed by atoms with Gasteiger partial charge in [0.05, 0.1) is 6.10 Å². The summed E-state index contributed by atoms with van der Waals surface area (Å²) in [6.07, 6.45) is 26.6. The maximum absolute atomic E-state index is 13.6. The van der Waals surface area contributed by atoms with Crippen molar-refractivity contribution in [2.45, 2.75) is 217 Å². The molecule has 1 rings (SSSR count). The number of carbonyl (C=O) groups excluding carboxylic acids is 2. The van der Waals surface area contributed by atoms with E-state index in [4.69, 9.17) is 9.47 Å². The highest BCUT2D eigenvalue weighted by Crippen LogP contribution is 2.46. The summed E-state index contributed by atoms with van der Waals surface area (Å²) >= 11 is 0. The zero-order valence-corrected chi connectivity index (χ0v) is 35.3. The van der Waals surface area contributed by atoms with Crippen molar-refractivity contribution < 1.29 is 19.1 Å². The van der Waals surface area contributed by atoms with Crippen LogP contribution in [0.2, 0.25) is 0 Å².